The molecule has 2 aliphatic heterocycles. The molecule has 3 N–H and O–H groups in total. The molecular weight excluding hydrogens is 1290 g/mol. The number of fused-ring (bicyclic) bond motifs is 8. The average Bonchev–Trinajstić information content (AvgIpc) is 0.691. The van der Waals surface area contributed by atoms with Gasteiger partial charge >= 0.3 is 35.1 Å². The number of aromatic hydroxyl groups is 1. The molecule has 2 aromatic carbocycles. The Morgan fingerprint density at radius 1 is 0.580 bits per heavy atom. The van der Waals surface area contributed by atoms with E-state index < -0.39 is 101 Å². The summed E-state index contributed by atoms with van der Waals surface area (Å²) in [6, 6.07) is 23.2. The number of hydrogen-bond acceptors (Lipinski definition) is 20. The maximum absolute atomic E-state index is 14.2. The van der Waals surface area contributed by atoms with Crippen LogP contribution < -0.4 is 25.2 Å². The molecule has 6 unspecified atom stereocenters. The number of phenolic OH excluding ortho intramolecular Hbond substituents is 1. The molecule has 0 saturated heterocycles. The Morgan fingerprint density at radius 2 is 0.960 bits per heavy atom. The van der Waals surface area contributed by atoms with E-state index in [4.69, 9.17) is 41.7 Å². The monoisotopic (exact) mass is 1390 g/mol. The predicted octanol–water partition coefficient (Wildman–Crippen LogP) is 14.8. The van der Waals surface area contributed by atoms with E-state index in [0.29, 0.717) is 52.6 Å². The van der Waals surface area contributed by atoms with E-state index in [1.165, 1.54) is 38.1 Å². The van der Waals surface area contributed by atoms with Crippen LogP contribution in [-0.2, 0) is 28.5 Å². The molecular formula is C79H98N2O18Si. The lowest BCUT2D eigenvalue weighted by Crippen LogP contribution is -2.70. The van der Waals surface area contributed by atoms with Gasteiger partial charge in [0.15, 0.2) is 0 Å². The van der Waals surface area contributed by atoms with Gasteiger partial charge in [-0.1, -0.05) is 83.1 Å². The van der Waals surface area contributed by atoms with E-state index in [0.717, 1.165) is 25.0 Å². The van der Waals surface area contributed by atoms with Crippen molar-refractivity contribution >= 4 is 32.2 Å². The number of rotatable bonds is 15. The molecule has 21 heteroatoms. The number of ether oxygens (including phenoxy) is 6. The van der Waals surface area contributed by atoms with Crippen molar-refractivity contribution in [1.29, 1.82) is 0 Å². The number of esters is 4. The minimum absolute atomic E-state index is 0.0167. The average molecular weight is 1390 g/mol. The quantitative estimate of drug-likeness (QED) is 0.0489. The summed E-state index contributed by atoms with van der Waals surface area (Å²) in [7, 11) is -2.22. The van der Waals surface area contributed by atoms with Crippen LogP contribution in [0.1, 0.15) is 193 Å². The number of nitrogens with zero attached hydrogens (tertiary/aromatic N) is 2. The fourth-order valence-electron chi connectivity index (χ4n) is 19.6. The van der Waals surface area contributed by atoms with Gasteiger partial charge in [0.25, 0.3) is 8.32 Å². The molecule has 6 aliphatic rings. The van der Waals surface area contributed by atoms with Gasteiger partial charge in [0.2, 0.25) is 0 Å². The predicted molar refractivity (Wildman–Crippen MR) is 375 cm³/mol. The maximum Gasteiger partial charge on any atom is 0.345 e. The number of phenols is 1. The number of aromatic nitrogens is 2. The first kappa shape index (κ1) is 73.1. The normalized spacial score (nSPS) is 31.7. The van der Waals surface area contributed by atoms with Crippen LogP contribution >= 0.6 is 0 Å². The SMILES string of the molecule is CC(=O)OCC1(C)C2C[C@H](OC(=O)c3ccc(O)cc3)[C@@]3(C)Oc4cc(-c5cccnc5)oc(=O)c4[C@H](O)C3[C@@]2(C)CC[C@@H]1C.CC(=O)OCC1(C)C2C[C@H](OC(=O)c3ccc(O[Si](C(C)C)(C(C)C)C(C)C)cc3)[C@@]3(C)Oc4cc(-c5cccnc5)oc(=O)c4[C@H](O)C3[C@@]2(C)CC[C@@H]1C. The Kier molecular flexibility index (Phi) is 20.0. The highest BCUT2D eigenvalue weighted by atomic mass is 28.4. The van der Waals surface area contributed by atoms with Crippen molar-refractivity contribution in [3.63, 3.8) is 0 Å². The summed E-state index contributed by atoms with van der Waals surface area (Å²) in [6.45, 7) is 33.0. The second-order valence-corrected chi connectivity index (χ2v) is 36.9. The van der Waals surface area contributed by atoms with E-state index in [1.807, 2.05) is 26.0 Å². The molecule has 20 nitrogen and oxygen atoms in total. The molecule has 0 radical (unpaired) electrons. The number of aliphatic hydroxyl groups excluding tert-OH is 2. The summed E-state index contributed by atoms with van der Waals surface area (Å²) >= 11 is 0. The lowest BCUT2D eigenvalue weighted by atomic mass is 9.41. The Labute approximate surface area is 586 Å². The number of pyridine rings is 2. The molecule has 6 heterocycles. The summed E-state index contributed by atoms with van der Waals surface area (Å²) < 4.78 is 56.2. The van der Waals surface area contributed by atoms with Gasteiger partial charge in [-0.25, -0.2) is 19.2 Å². The van der Waals surface area contributed by atoms with Crippen LogP contribution in [0.4, 0.5) is 0 Å². The molecule has 4 saturated carbocycles. The zero-order chi connectivity index (χ0) is 72.6. The molecule has 4 aromatic heterocycles. The van der Waals surface area contributed by atoms with Gasteiger partial charge in [-0.05, 0) is 176 Å². The van der Waals surface area contributed by atoms with Crippen molar-refractivity contribution in [2.45, 2.75) is 202 Å². The van der Waals surface area contributed by atoms with E-state index in [2.05, 4.69) is 93.1 Å². The maximum atomic E-state index is 14.2. The fourth-order valence-corrected chi connectivity index (χ4v) is 24.9. The van der Waals surface area contributed by atoms with Crippen molar-refractivity contribution < 1.29 is 76.2 Å². The fraction of sp³-hybridized carbons (Fsp3) is 0.544. The molecule has 0 bridgehead atoms. The van der Waals surface area contributed by atoms with E-state index in [9.17, 15) is 44.1 Å². The topological polar surface area (TPSA) is 280 Å². The molecule has 4 fully saturated rings. The van der Waals surface area contributed by atoms with Crippen LogP contribution in [0.25, 0.3) is 22.6 Å². The van der Waals surface area contributed by atoms with Gasteiger partial charge in [-0.2, -0.15) is 0 Å². The van der Waals surface area contributed by atoms with E-state index >= 15 is 0 Å². The second-order valence-electron chi connectivity index (χ2n) is 31.6. The molecule has 100 heavy (non-hydrogen) atoms. The van der Waals surface area contributed by atoms with Gasteiger partial charge in [-0.15, -0.1) is 0 Å². The second kappa shape index (κ2) is 27.3. The van der Waals surface area contributed by atoms with Gasteiger partial charge in [0.1, 0.15) is 69.1 Å². The zero-order valence-electron chi connectivity index (χ0n) is 60.4. The van der Waals surface area contributed by atoms with Crippen LogP contribution in [0.15, 0.2) is 128 Å². The summed E-state index contributed by atoms with van der Waals surface area (Å²) in [6.07, 6.45) is 5.88. The van der Waals surface area contributed by atoms with Gasteiger partial charge in [-0.3, -0.25) is 19.6 Å². The Bertz CT molecular complexity index is 4120. The van der Waals surface area contributed by atoms with Gasteiger partial charge < -0.3 is 57.0 Å². The Balaban J connectivity index is 0.000000206. The van der Waals surface area contributed by atoms with E-state index in [-0.39, 0.29) is 94.3 Å². The molecule has 16 atom stereocenters. The highest BCUT2D eigenvalue weighted by Crippen LogP contribution is 2.70. The molecule has 0 amide bonds. The Morgan fingerprint density at radius 3 is 1.31 bits per heavy atom. The Hall–Kier alpha value is -8.14. The highest BCUT2D eigenvalue weighted by Gasteiger charge is 2.72. The van der Waals surface area contributed by atoms with Crippen LogP contribution in [0, 0.1) is 57.2 Å². The van der Waals surface area contributed by atoms with Crippen LogP contribution in [-0.4, -0.2) is 94.1 Å². The highest BCUT2D eigenvalue weighted by molar-refractivity contribution is 6.78. The van der Waals surface area contributed by atoms with Crippen molar-refractivity contribution in [3.05, 3.63) is 153 Å². The van der Waals surface area contributed by atoms with Crippen LogP contribution in [0.2, 0.25) is 16.6 Å². The first-order valence-electron chi connectivity index (χ1n) is 35.2. The third-order valence-corrected chi connectivity index (χ3v) is 31.0. The number of carbonyl (C=O) groups excluding carboxylic acids is 4. The zero-order valence-corrected chi connectivity index (χ0v) is 61.4. The third-order valence-electron chi connectivity index (χ3n) is 25.0. The lowest BCUT2D eigenvalue weighted by Gasteiger charge is -2.66. The lowest BCUT2D eigenvalue weighted by molar-refractivity contribution is -0.257. The number of carbonyl (C=O) groups is 4. The minimum atomic E-state index is -2.22. The minimum Gasteiger partial charge on any atom is -0.543 e. The van der Waals surface area contributed by atoms with Crippen molar-refractivity contribution in [1.82, 2.24) is 9.97 Å². The van der Waals surface area contributed by atoms with Crippen molar-refractivity contribution in [3.8, 4) is 45.6 Å². The molecule has 0 spiro atoms. The first-order chi connectivity index (χ1) is 47.1. The summed E-state index contributed by atoms with van der Waals surface area (Å²) in [5.74, 6) is -1.76. The number of benzene rings is 2. The molecule has 4 aliphatic carbocycles. The first-order valence-corrected chi connectivity index (χ1v) is 37.4. The van der Waals surface area contributed by atoms with Gasteiger partial charge in [0, 0.05) is 84.6 Å². The van der Waals surface area contributed by atoms with Crippen molar-refractivity contribution in [2.75, 3.05) is 13.2 Å². The van der Waals surface area contributed by atoms with Crippen LogP contribution in [0.5, 0.6) is 23.0 Å². The molecule has 6 aromatic rings. The van der Waals surface area contributed by atoms with E-state index in [1.54, 1.807) is 73.3 Å². The summed E-state index contributed by atoms with van der Waals surface area (Å²) in [5, 5.41) is 34.4. The largest absolute Gasteiger partial charge is 0.543 e. The standard InChI is InChI=1S/C44H59NO9Si.C35H39NO9/c1-25(2)55(26(3)4,27(5)6)54-32-16-14-30(15-17-32)40(48)52-36-22-35-42(9,19-18-28(7)43(35,10)24-50-29(8)46)39-38(47)37-34(53-44(36,39)11)21-33(51-41(37)49)31-13-12-20-45-23-31;1-19-12-13-33(3)26(34(19,4)18-42-20(2)37)16-27(44-31(40)21-8-10-23(38)11-9-21)35(5)30(33)29(39)28-25(45-35)15-24(43-32(28)41)22-7-6-14-36-17-22/h12-17,20-21,23,25-28,35-36,38-39,47H,18-19,22,24H2,1-11H3;6-11,14-15,17,19,26-27,29-30,38-39H,12-13,16,18H2,1-5H3/t28-,35?,36-,38-,39?,42-,43?,44+;19-,26?,27-,29-,30?,33-,34?,35+/m00/s1. The number of aliphatic hydroxyl groups is 2. The molecule has 536 valence electrons. The van der Waals surface area contributed by atoms with Crippen molar-refractivity contribution in [2.24, 2.45) is 57.2 Å². The smallest absolute Gasteiger partial charge is 0.345 e. The number of hydrogen-bond donors (Lipinski definition) is 3. The van der Waals surface area contributed by atoms with Crippen LogP contribution in [0.3, 0.4) is 0 Å². The van der Waals surface area contributed by atoms with Gasteiger partial charge in [0.05, 0.1) is 36.5 Å². The third kappa shape index (κ3) is 12.6. The summed E-state index contributed by atoms with van der Waals surface area (Å²) in [4.78, 5) is 87.6. The summed E-state index contributed by atoms with van der Waals surface area (Å²) in [5.41, 5.74) is -3.20. The molecule has 12 rings (SSSR count).